The van der Waals surface area contributed by atoms with E-state index in [-0.39, 0.29) is 17.7 Å². The van der Waals surface area contributed by atoms with Crippen LogP contribution in [0.25, 0.3) is 23.3 Å². The number of aryl methyl sites for hydroxylation is 1. The molecule has 4 heterocycles. The van der Waals surface area contributed by atoms with Gasteiger partial charge in [-0.2, -0.15) is 0 Å². The minimum absolute atomic E-state index is 0.0884. The number of oxazole rings is 1. The molecule has 6 rings (SSSR count). The van der Waals surface area contributed by atoms with Crippen LogP contribution in [0.5, 0.6) is 17.2 Å². The predicted molar refractivity (Wildman–Crippen MR) is 156 cm³/mol. The van der Waals surface area contributed by atoms with Gasteiger partial charge in [-0.1, -0.05) is 24.3 Å². The third-order valence-electron chi connectivity index (χ3n) is 7.31. The number of phenolic OH excluding ortho intramolecular Hbond substituents is 1. The number of sulfone groups is 1. The summed E-state index contributed by atoms with van der Waals surface area (Å²) in [5.74, 6) is -4.21. The molecular weight excluding hydrogens is 602 g/mol. The van der Waals surface area contributed by atoms with Crippen LogP contribution in [0.1, 0.15) is 29.7 Å². The number of ether oxygens (including phenoxy) is 3. The van der Waals surface area contributed by atoms with Gasteiger partial charge in [0.1, 0.15) is 16.2 Å². The van der Waals surface area contributed by atoms with Gasteiger partial charge in [-0.15, -0.1) is 0 Å². The molecule has 2 aliphatic heterocycles. The number of aromatic nitrogens is 2. The van der Waals surface area contributed by atoms with E-state index in [2.05, 4.69) is 14.9 Å². The van der Waals surface area contributed by atoms with Crippen molar-refractivity contribution in [2.75, 3.05) is 31.2 Å². The highest BCUT2D eigenvalue weighted by Crippen LogP contribution is 2.50. The first-order chi connectivity index (χ1) is 20.4. The standard InChI is InChI=1S/C28H29N3O10S2/c1-3-22(27(33,34)28(35)41-25-16(2)4-8-21(24(25)32)43(28,36)37)39-17-5-7-19-20(14-17)40-23(30-19)9-6-18-15-29-26(42-18)31-10-12-38-13-11-31/h4-9,14-15,22,32-35H,3,10-13H2,1-2H3/b9-6+. The second-order valence-corrected chi connectivity index (χ2v) is 13.2. The summed E-state index contributed by atoms with van der Waals surface area (Å²) in [5, 5.41) is 41.1. The van der Waals surface area contributed by atoms with Crippen molar-refractivity contribution in [3.8, 4) is 17.2 Å². The third kappa shape index (κ3) is 4.91. The second-order valence-electron chi connectivity index (χ2n) is 10.1. The largest absolute Gasteiger partial charge is 0.503 e. The predicted octanol–water partition coefficient (Wildman–Crippen LogP) is 2.66. The molecule has 2 unspecified atom stereocenters. The number of anilines is 1. The molecule has 0 saturated carbocycles. The summed E-state index contributed by atoms with van der Waals surface area (Å²) in [4.78, 5) is 11.3. The summed E-state index contributed by atoms with van der Waals surface area (Å²) in [5.41, 5.74) is 1.09. The van der Waals surface area contributed by atoms with Crippen LogP contribution in [0.2, 0.25) is 0 Å². The molecule has 2 bridgehead atoms. The van der Waals surface area contributed by atoms with Gasteiger partial charge >= 0.3 is 5.12 Å². The summed E-state index contributed by atoms with van der Waals surface area (Å²) < 4.78 is 48.7. The fraction of sp³-hybridized carbons (Fsp3) is 0.357. The topological polar surface area (TPSA) is 185 Å². The molecule has 2 aromatic heterocycles. The number of benzene rings is 2. The third-order valence-corrected chi connectivity index (χ3v) is 10.4. The molecule has 4 aromatic rings. The Morgan fingerprint density at radius 2 is 1.98 bits per heavy atom. The average Bonchev–Trinajstić information content (AvgIpc) is 3.63. The zero-order valence-electron chi connectivity index (χ0n) is 23.1. The van der Waals surface area contributed by atoms with Crippen molar-refractivity contribution in [3.05, 3.63) is 52.9 Å². The SMILES string of the molecule is CCC(Oc1ccc2nc(/C=C/c3cnc(N4CCOCC4)s3)oc2c1)C(O)(O)C1(O)Oc2c(C)ccc(c2O)S1(=O)=O. The van der Waals surface area contributed by atoms with Crippen molar-refractivity contribution in [2.24, 2.45) is 0 Å². The number of nitrogens with zero attached hydrogens (tertiary/aromatic N) is 3. The summed E-state index contributed by atoms with van der Waals surface area (Å²) in [6.07, 6.45) is 3.45. The Bertz CT molecular complexity index is 1810. The molecule has 2 aliphatic rings. The molecule has 4 N–H and O–H groups in total. The maximum atomic E-state index is 13.2. The van der Waals surface area contributed by atoms with Gasteiger partial charge in [-0.3, -0.25) is 0 Å². The molecule has 0 amide bonds. The van der Waals surface area contributed by atoms with Gasteiger partial charge < -0.3 is 44.0 Å². The smallest absolute Gasteiger partial charge is 0.376 e. The maximum absolute atomic E-state index is 13.2. The van der Waals surface area contributed by atoms with Crippen molar-refractivity contribution >= 4 is 49.6 Å². The molecule has 0 spiro atoms. The fourth-order valence-electron chi connectivity index (χ4n) is 4.91. The molecule has 15 heteroatoms. The van der Waals surface area contributed by atoms with Crippen LogP contribution in [0, 0.1) is 6.92 Å². The van der Waals surface area contributed by atoms with Gasteiger partial charge in [0.05, 0.1) is 13.2 Å². The Labute approximate surface area is 250 Å². The lowest BCUT2D eigenvalue weighted by Gasteiger charge is -2.43. The van der Waals surface area contributed by atoms with E-state index in [0.29, 0.717) is 30.2 Å². The Morgan fingerprint density at radius 3 is 2.72 bits per heavy atom. The molecule has 0 radical (unpaired) electrons. The van der Waals surface area contributed by atoms with Gasteiger partial charge in [-0.05, 0) is 43.2 Å². The van der Waals surface area contributed by atoms with E-state index in [1.807, 2.05) is 6.08 Å². The number of aliphatic hydroxyl groups is 3. The first-order valence-corrected chi connectivity index (χ1v) is 15.7. The number of phenols is 1. The quantitative estimate of drug-likeness (QED) is 0.208. The van der Waals surface area contributed by atoms with E-state index in [4.69, 9.17) is 18.6 Å². The van der Waals surface area contributed by atoms with E-state index >= 15 is 0 Å². The maximum Gasteiger partial charge on any atom is 0.376 e. The minimum Gasteiger partial charge on any atom is -0.503 e. The highest BCUT2D eigenvalue weighted by molar-refractivity contribution is 7.92. The lowest BCUT2D eigenvalue weighted by molar-refractivity contribution is -0.334. The van der Waals surface area contributed by atoms with Gasteiger partial charge in [-0.25, -0.2) is 18.4 Å². The average molecular weight is 632 g/mol. The highest BCUT2D eigenvalue weighted by Gasteiger charge is 2.68. The molecular formula is C28H29N3O10S2. The lowest BCUT2D eigenvalue weighted by atomic mass is 10.1. The Balaban J connectivity index is 1.22. The fourth-order valence-corrected chi connectivity index (χ4v) is 7.39. The summed E-state index contributed by atoms with van der Waals surface area (Å²) in [7, 11) is -5.02. The van der Waals surface area contributed by atoms with Gasteiger partial charge in [0.15, 0.2) is 28.3 Å². The molecule has 1 saturated heterocycles. The van der Waals surface area contributed by atoms with Gasteiger partial charge in [0, 0.05) is 36.3 Å². The zero-order chi connectivity index (χ0) is 30.6. The lowest BCUT2D eigenvalue weighted by Crippen LogP contribution is -2.69. The molecule has 2 aromatic carbocycles. The number of fused-ring (bicyclic) bond motifs is 3. The van der Waals surface area contributed by atoms with Crippen LogP contribution in [0.15, 0.2) is 45.8 Å². The minimum atomic E-state index is -5.02. The van der Waals surface area contributed by atoms with E-state index in [0.717, 1.165) is 29.2 Å². The van der Waals surface area contributed by atoms with Crippen LogP contribution in [-0.2, 0) is 14.6 Å². The number of hydrogen-bond acceptors (Lipinski definition) is 14. The van der Waals surface area contributed by atoms with Gasteiger partial charge in [0.25, 0.3) is 15.6 Å². The normalized spacial score (nSPS) is 20.8. The van der Waals surface area contributed by atoms with Crippen LogP contribution >= 0.6 is 11.3 Å². The highest BCUT2D eigenvalue weighted by atomic mass is 32.2. The first kappa shape index (κ1) is 29.3. The van der Waals surface area contributed by atoms with Crippen molar-refractivity contribution in [3.63, 3.8) is 0 Å². The summed E-state index contributed by atoms with van der Waals surface area (Å²) >= 11 is 1.54. The Kier molecular flexibility index (Phi) is 7.35. The number of hydrogen-bond donors (Lipinski definition) is 4. The van der Waals surface area contributed by atoms with Crippen molar-refractivity contribution in [2.45, 2.75) is 42.2 Å². The van der Waals surface area contributed by atoms with E-state index in [1.54, 1.807) is 18.3 Å². The summed E-state index contributed by atoms with van der Waals surface area (Å²) in [6, 6.07) is 6.96. The molecule has 228 valence electrons. The summed E-state index contributed by atoms with van der Waals surface area (Å²) in [6.45, 7) is 5.92. The molecule has 2 atom stereocenters. The second kappa shape index (κ2) is 10.8. The molecule has 43 heavy (non-hydrogen) atoms. The van der Waals surface area contributed by atoms with E-state index < -0.39 is 43.2 Å². The molecule has 13 nitrogen and oxygen atoms in total. The zero-order valence-corrected chi connectivity index (χ0v) is 24.8. The Hall–Kier alpha value is -3.73. The van der Waals surface area contributed by atoms with E-state index in [1.165, 1.54) is 43.4 Å². The molecule has 1 fully saturated rings. The van der Waals surface area contributed by atoms with Crippen molar-refractivity contribution in [1.82, 2.24) is 9.97 Å². The van der Waals surface area contributed by atoms with Crippen molar-refractivity contribution < 1.29 is 47.5 Å². The van der Waals surface area contributed by atoms with E-state index in [9.17, 15) is 28.8 Å². The Morgan fingerprint density at radius 1 is 1.21 bits per heavy atom. The van der Waals surface area contributed by atoms with Gasteiger partial charge in [0.2, 0.25) is 5.89 Å². The number of morpholine rings is 1. The van der Waals surface area contributed by atoms with Crippen LogP contribution in [0.3, 0.4) is 0 Å². The van der Waals surface area contributed by atoms with Crippen LogP contribution in [-0.4, -0.2) is 82.1 Å². The van der Waals surface area contributed by atoms with Crippen LogP contribution in [0.4, 0.5) is 5.13 Å². The first-order valence-electron chi connectivity index (χ1n) is 13.4. The molecule has 0 aliphatic carbocycles. The monoisotopic (exact) mass is 631 g/mol. The number of aromatic hydroxyl groups is 1. The van der Waals surface area contributed by atoms with Crippen molar-refractivity contribution in [1.29, 1.82) is 0 Å². The van der Waals surface area contributed by atoms with Crippen LogP contribution < -0.4 is 14.4 Å². The number of rotatable bonds is 8. The number of thiazole rings is 1.